The summed E-state index contributed by atoms with van der Waals surface area (Å²) in [6.07, 6.45) is -0.647. The Balaban J connectivity index is 1.50. The van der Waals surface area contributed by atoms with Crippen LogP contribution in [0.15, 0.2) is 42.5 Å². The van der Waals surface area contributed by atoms with Crippen molar-refractivity contribution in [1.29, 1.82) is 0 Å². The van der Waals surface area contributed by atoms with Gasteiger partial charge in [0.25, 0.3) is 5.91 Å². The van der Waals surface area contributed by atoms with Gasteiger partial charge in [0.15, 0.2) is 6.10 Å². The van der Waals surface area contributed by atoms with Gasteiger partial charge in [-0.25, -0.2) is 0 Å². The molecule has 7 heteroatoms. The van der Waals surface area contributed by atoms with Crippen LogP contribution in [0, 0.1) is 13.8 Å². The number of para-hydroxylation sites is 2. The monoisotopic (exact) mass is 409 g/mol. The lowest BCUT2D eigenvalue weighted by Crippen LogP contribution is -2.53. The fourth-order valence-electron chi connectivity index (χ4n) is 3.81. The number of ether oxygens (including phenoxy) is 2. The van der Waals surface area contributed by atoms with Crippen molar-refractivity contribution in [2.24, 2.45) is 0 Å². The third kappa shape index (κ3) is 4.41. The third-order valence-corrected chi connectivity index (χ3v) is 5.46. The summed E-state index contributed by atoms with van der Waals surface area (Å²) < 4.78 is 11.4. The number of benzene rings is 2. The van der Waals surface area contributed by atoms with Crippen LogP contribution >= 0.6 is 0 Å². The molecule has 2 aromatic carbocycles. The topological polar surface area (TPSA) is 71.1 Å². The molecule has 0 aromatic heterocycles. The Bertz CT molecular complexity index is 940. The maximum Gasteiger partial charge on any atom is 0.265 e. The fraction of sp³-hybridized carbons (Fsp3) is 0.391. The smallest absolute Gasteiger partial charge is 0.265 e. The number of nitrogens with zero attached hydrogens (tertiary/aromatic N) is 2. The van der Waals surface area contributed by atoms with Gasteiger partial charge in [0.2, 0.25) is 5.91 Å². The highest BCUT2D eigenvalue weighted by atomic mass is 16.5. The SMILES string of the molecule is Cc1ccc(C)c(NC(=O)CN2CC(C(=O)N3CCOCC3)Oc3ccccc32)c1. The zero-order chi connectivity index (χ0) is 21.1. The molecule has 0 radical (unpaired) electrons. The molecule has 2 amide bonds. The minimum Gasteiger partial charge on any atom is -0.477 e. The van der Waals surface area contributed by atoms with Crippen LogP contribution in [0.3, 0.4) is 0 Å². The van der Waals surface area contributed by atoms with Gasteiger partial charge >= 0.3 is 0 Å². The predicted molar refractivity (Wildman–Crippen MR) is 115 cm³/mol. The van der Waals surface area contributed by atoms with E-state index in [-0.39, 0.29) is 18.4 Å². The second-order valence-corrected chi connectivity index (χ2v) is 7.76. The molecule has 1 saturated heterocycles. The number of hydrogen-bond donors (Lipinski definition) is 1. The molecule has 1 fully saturated rings. The van der Waals surface area contributed by atoms with E-state index in [1.165, 1.54) is 0 Å². The van der Waals surface area contributed by atoms with Crippen molar-refractivity contribution in [3.05, 3.63) is 53.6 Å². The van der Waals surface area contributed by atoms with E-state index in [9.17, 15) is 9.59 Å². The van der Waals surface area contributed by atoms with E-state index in [4.69, 9.17) is 9.47 Å². The van der Waals surface area contributed by atoms with Gasteiger partial charge in [-0.3, -0.25) is 9.59 Å². The van der Waals surface area contributed by atoms with Crippen LogP contribution < -0.4 is 15.0 Å². The lowest BCUT2D eigenvalue weighted by molar-refractivity contribution is -0.142. The number of nitrogens with one attached hydrogen (secondary N) is 1. The molecule has 158 valence electrons. The molecule has 1 N–H and O–H groups in total. The van der Waals surface area contributed by atoms with Crippen molar-refractivity contribution in [2.75, 3.05) is 49.6 Å². The quantitative estimate of drug-likeness (QED) is 0.840. The Morgan fingerprint density at radius 3 is 2.67 bits per heavy atom. The number of amides is 2. The summed E-state index contributed by atoms with van der Waals surface area (Å²) in [5.74, 6) is 0.431. The largest absolute Gasteiger partial charge is 0.477 e. The normalized spacial score (nSPS) is 18.4. The van der Waals surface area contributed by atoms with E-state index >= 15 is 0 Å². The average Bonchev–Trinajstić information content (AvgIpc) is 2.76. The van der Waals surface area contributed by atoms with E-state index in [1.54, 1.807) is 4.90 Å². The molecule has 0 aliphatic carbocycles. The molecular formula is C23H27N3O4. The van der Waals surface area contributed by atoms with Crippen LogP contribution in [0.1, 0.15) is 11.1 Å². The van der Waals surface area contributed by atoms with Crippen molar-refractivity contribution >= 4 is 23.2 Å². The first-order valence-corrected chi connectivity index (χ1v) is 10.3. The maximum absolute atomic E-state index is 13.0. The average molecular weight is 409 g/mol. The molecule has 1 unspecified atom stereocenters. The summed E-state index contributed by atoms with van der Waals surface area (Å²) in [6.45, 7) is 6.63. The molecule has 2 heterocycles. The fourth-order valence-corrected chi connectivity index (χ4v) is 3.81. The number of hydrogen-bond acceptors (Lipinski definition) is 5. The van der Waals surface area contributed by atoms with E-state index in [0.29, 0.717) is 38.6 Å². The van der Waals surface area contributed by atoms with E-state index in [1.807, 2.05) is 61.2 Å². The highest BCUT2D eigenvalue weighted by Gasteiger charge is 2.34. The Kier molecular flexibility index (Phi) is 5.90. The zero-order valence-electron chi connectivity index (χ0n) is 17.4. The number of fused-ring (bicyclic) bond motifs is 1. The van der Waals surface area contributed by atoms with Crippen LogP contribution in [-0.2, 0) is 14.3 Å². The summed E-state index contributed by atoms with van der Waals surface area (Å²) in [4.78, 5) is 29.5. The Morgan fingerprint density at radius 1 is 1.10 bits per heavy atom. The molecule has 2 aliphatic heterocycles. The number of anilines is 2. The van der Waals surface area contributed by atoms with E-state index < -0.39 is 6.10 Å². The summed E-state index contributed by atoms with van der Waals surface area (Å²) in [6, 6.07) is 13.5. The van der Waals surface area contributed by atoms with Crippen molar-refractivity contribution in [3.63, 3.8) is 0 Å². The van der Waals surface area contributed by atoms with Gasteiger partial charge in [0, 0.05) is 18.8 Å². The first kappa shape index (κ1) is 20.2. The summed E-state index contributed by atoms with van der Waals surface area (Å²) in [5.41, 5.74) is 3.72. The summed E-state index contributed by atoms with van der Waals surface area (Å²) in [5, 5.41) is 3.00. The van der Waals surface area contributed by atoms with Crippen molar-refractivity contribution in [1.82, 2.24) is 4.90 Å². The minimum absolute atomic E-state index is 0.0623. The van der Waals surface area contributed by atoms with Gasteiger partial charge in [-0.05, 0) is 43.2 Å². The first-order valence-electron chi connectivity index (χ1n) is 10.3. The number of aryl methyl sites for hydroxylation is 2. The van der Waals surface area contributed by atoms with Crippen LogP contribution in [0.4, 0.5) is 11.4 Å². The number of carbonyl (C=O) groups is 2. The van der Waals surface area contributed by atoms with Gasteiger partial charge in [0.1, 0.15) is 5.75 Å². The van der Waals surface area contributed by atoms with E-state index in [2.05, 4.69) is 5.32 Å². The molecule has 4 rings (SSSR count). The third-order valence-electron chi connectivity index (χ3n) is 5.46. The Labute approximate surface area is 176 Å². The number of rotatable bonds is 4. The Hall–Kier alpha value is -3.06. The van der Waals surface area contributed by atoms with Crippen molar-refractivity contribution in [2.45, 2.75) is 20.0 Å². The van der Waals surface area contributed by atoms with Crippen molar-refractivity contribution in [3.8, 4) is 5.75 Å². The van der Waals surface area contributed by atoms with Gasteiger partial charge in [-0.15, -0.1) is 0 Å². The molecule has 0 saturated carbocycles. The van der Waals surface area contributed by atoms with Crippen LogP contribution in [-0.4, -0.2) is 62.2 Å². The molecule has 1 atom stereocenters. The lowest BCUT2D eigenvalue weighted by Gasteiger charge is -2.38. The standard InChI is InChI=1S/C23H27N3O4/c1-16-7-8-17(2)18(13-16)24-22(27)15-26-14-21(23(28)25-9-11-29-12-10-25)30-20-6-4-3-5-19(20)26/h3-8,13,21H,9-12,14-15H2,1-2H3,(H,24,27). The number of carbonyl (C=O) groups excluding carboxylic acids is 2. The molecule has 0 spiro atoms. The molecule has 2 aromatic rings. The highest BCUT2D eigenvalue weighted by molar-refractivity contribution is 5.95. The van der Waals surface area contributed by atoms with Gasteiger partial charge in [-0.2, -0.15) is 0 Å². The summed E-state index contributed by atoms with van der Waals surface area (Å²) >= 11 is 0. The Morgan fingerprint density at radius 2 is 1.87 bits per heavy atom. The van der Waals surface area contributed by atoms with Gasteiger partial charge < -0.3 is 24.6 Å². The lowest BCUT2D eigenvalue weighted by atomic mass is 10.1. The van der Waals surface area contributed by atoms with Crippen LogP contribution in [0.2, 0.25) is 0 Å². The first-order chi connectivity index (χ1) is 14.5. The molecule has 2 aliphatic rings. The molecular weight excluding hydrogens is 382 g/mol. The van der Waals surface area contributed by atoms with Gasteiger partial charge in [-0.1, -0.05) is 24.3 Å². The summed E-state index contributed by atoms with van der Waals surface area (Å²) in [7, 11) is 0. The van der Waals surface area contributed by atoms with Crippen LogP contribution in [0.25, 0.3) is 0 Å². The van der Waals surface area contributed by atoms with Crippen LogP contribution in [0.5, 0.6) is 5.75 Å². The second-order valence-electron chi connectivity index (χ2n) is 7.76. The predicted octanol–water partition coefficient (Wildman–Crippen LogP) is 2.37. The minimum atomic E-state index is -0.647. The zero-order valence-corrected chi connectivity index (χ0v) is 17.4. The molecule has 0 bridgehead atoms. The molecule has 7 nitrogen and oxygen atoms in total. The highest BCUT2D eigenvalue weighted by Crippen LogP contribution is 2.33. The molecule has 30 heavy (non-hydrogen) atoms. The van der Waals surface area contributed by atoms with Crippen molar-refractivity contribution < 1.29 is 19.1 Å². The number of morpholine rings is 1. The van der Waals surface area contributed by atoms with E-state index in [0.717, 1.165) is 22.5 Å². The second kappa shape index (κ2) is 8.75. The maximum atomic E-state index is 13.0. The van der Waals surface area contributed by atoms with Gasteiger partial charge in [0.05, 0.1) is 32.0 Å².